The quantitative estimate of drug-likeness (QED) is 0.678. The predicted molar refractivity (Wildman–Crippen MR) is 103 cm³/mol. The molecule has 0 aliphatic rings. The molecule has 0 aliphatic carbocycles. The van der Waals surface area contributed by atoms with Gasteiger partial charge in [0.2, 0.25) is 5.91 Å². The zero-order chi connectivity index (χ0) is 19.9. The van der Waals surface area contributed by atoms with Gasteiger partial charge in [-0.3, -0.25) is 18.7 Å². The highest BCUT2D eigenvalue weighted by Crippen LogP contribution is 2.13. The van der Waals surface area contributed by atoms with Gasteiger partial charge in [0.05, 0.1) is 6.33 Å². The lowest BCUT2D eigenvalue weighted by atomic mass is 10.1. The van der Waals surface area contributed by atoms with Crippen LogP contribution in [0.4, 0.5) is 0 Å². The van der Waals surface area contributed by atoms with Gasteiger partial charge in [-0.05, 0) is 25.0 Å². The van der Waals surface area contributed by atoms with Crippen LogP contribution in [0.2, 0.25) is 0 Å². The van der Waals surface area contributed by atoms with Crippen LogP contribution in [0.15, 0.2) is 34.1 Å². The molecule has 0 fully saturated rings. The Balaban J connectivity index is 1.88. The van der Waals surface area contributed by atoms with Crippen molar-refractivity contribution < 1.29 is 4.79 Å². The first kappa shape index (κ1) is 18.6. The zero-order valence-corrected chi connectivity index (χ0v) is 16.2. The first-order chi connectivity index (χ1) is 12.7. The standard InChI is InChI=1S/C19H23N5O3/c1-12-6-7-14(13(2)8-12)9-21(3)15(25)10-24-11-20-17-16(24)18(26)23(5)19(27)22(17)4/h6-8,11H,9-10H2,1-5H3. The number of amides is 1. The SMILES string of the molecule is Cc1ccc(CN(C)C(=O)Cn2cnc3c2c(=O)n(C)c(=O)n3C)c(C)c1. The highest BCUT2D eigenvalue weighted by Gasteiger charge is 2.18. The Kier molecular flexibility index (Phi) is 4.73. The van der Waals surface area contributed by atoms with E-state index in [0.717, 1.165) is 15.7 Å². The molecule has 142 valence electrons. The number of carbonyl (C=O) groups is 1. The van der Waals surface area contributed by atoms with Crippen molar-refractivity contribution in [1.82, 2.24) is 23.6 Å². The molecule has 0 atom stereocenters. The Morgan fingerprint density at radius 2 is 1.85 bits per heavy atom. The van der Waals surface area contributed by atoms with Crippen molar-refractivity contribution in [3.8, 4) is 0 Å². The molecule has 2 heterocycles. The second kappa shape index (κ2) is 6.86. The number of likely N-dealkylation sites (N-methyl/N-ethyl adjacent to an activating group) is 1. The number of hydrogen-bond acceptors (Lipinski definition) is 4. The summed E-state index contributed by atoms with van der Waals surface area (Å²) in [6.45, 7) is 4.51. The molecule has 3 aromatic rings. The van der Waals surface area contributed by atoms with Crippen LogP contribution < -0.4 is 11.2 Å². The number of carbonyl (C=O) groups excluding carboxylic acids is 1. The van der Waals surface area contributed by atoms with Crippen molar-refractivity contribution in [2.75, 3.05) is 7.05 Å². The highest BCUT2D eigenvalue weighted by atomic mass is 16.2. The Morgan fingerprint density at radius 1 is 1.15 bits per heavy atom. The van der Waals surface area contributed by atoms with Crippen molar-refractivity contribution in [1.29, 1.82) is 0 Å². The van der Waals surface area contributed by atoms with Gasteiger partial charge in [-0.1, -0.05) is 23.8 Å². The van der Waals surface area contributed by atoms with Crippen LogP contribution in [0.1, 0.15) is 16.7 Å². The minimum absolute atomic E-state index is 0.0225. The molecule has 0 radical (unpaired) electrons. The second-order valence-electron chi connectivity index (χ2n) is 6.93. The lowest BCUT2D eigenvalue weighted by Crippen LogP contribution is -2.38. The molecule has 2 aromatic heterocycles. The fourth-order valence-corrected chi connectivity index (χ4v) is 3.15. The van der Waals surface area contributed by atoms with Crippen LogP contribution in [-0.4, -0.2) is 36.5 Å². The van der Waals surface area contributed by atoms with Gasteiger partial charge in [-0.2, -0.15) is 0 Å². The number of nitrogens with zero attached hydrogens (tertiary/aromatic N) is 5. The topological polar surface area (TPSA) is 82.1 Å². The Bertz CT molecular complexity index is 1150. The first-order valence-corrected chi connectivity index (χ1v) is 8.61. The van der Waals surface area contributed by atoms with Gasteiger partial charge < -0.3 is 9.47 Å². The van der Waals surface area contributed by atoms with E-state index >= 15 is 0 Å². The summed E-state index contributed by atoms with van der Waals surface area (Å²) in [4.78, 5) is 42.9. The van der Waals surface area contributed by atoms with Gasteiger partial charge in [0.25, 0.3) is 5.56 Å². The number of aromatic nitrogens is 4. The van der Waals surface area contributed by atoms with Crippen LogP contribution in [0.3, 0.4) is 0 Å². The normalized spacial score (nSPS) is 11.1. The van der Waals surface area contributed by atoms with Gasteiger partial charge in [-0.15, -0.1) is 0 Å². The van der Waals surface area contributed by atoms with E-state index in [1.54, 1.807) is 19.0 Å². The van der Waals surface area contributed by atoms with Crippen LogP contribution in [0.5, 0.6) is 0 Å². The Morgan fingerprint density at radius 3 is 2.52 bits per heavy atom. The minimum Gasteiger partial charge on any atom is -0.340 e. The highest BCUT2D eigenvalue weighted by molar-refractivity contribution is 5.78. The van der Waals surface area contributed by atoms with Crippen LogP contribution in [-0.2, 0) is 32.0 Å². The van der Waals surface area contributed by atoms with E-state index in [4.69, 9.17) is 0 Å². The number of fused-ring (bicyclic) bond motifs is 1. The maximum absolute atomic E-state index is 12.7. The van der Waals surface area contributed by atoms with E-state index in [-0.39, 0.29) is 23.6 Å². The van der Waals surface area contributed by atoms with Crippen molar-refractivity contribution in [3.05, 3.63) is 62.1 Å². The molecule has 1 aromatic carbocycles. The molecule has 0 unspecified atom stereocenters. The summed E-state index contributed by atoms with van der Waals surface area (Å²) in [6, 6.07) is 6.13. The monoisotopic (exact) mass is 369 g/mol. The van der Waals surface area contributed by atoms with Crippen LogP contribution in [0.25, 0.3) is 11.2 Å². The average molecular weight is 369 g/mol. The summed E-state index contributed by atoms with van der Waals surface area (Å²) < 4.78 is 3.82. The molecular formula is C19H23N5O3. The van der Waals surface area contributed by atoms with Gasteiger partial charge in [-0.25, -0.2) is 9.78 Å². The van der Waals surface area contributed by atoms with Gasteiger partial charge in [0.1, 0.15) is 6.54 Å². The first-order valence-electron chi connectivity index (χ1n) is 8.61. The van der Waals surface area contributed by atoms with Crippen molar-refractivity contribution in [2.24, 2.45) is 14.1 Å². The van der Waals surface area contributed by atoms with Crippen molar-refractivity contribution in [2.45, 2.75) is 26.9 Å². The molecular weight excluding hydrogens is 346 g/mol. The number of benzene rings is 1. The zero-order valence-electron chi connectivity index (χ0n) is 16.2. The van der Waals surface area contributed by atoms with E-state index in [2.05, 4.69) is 11.1 Å². The molecule has 8 heteroatoms. The summed E-state index contributed by atoms with van der Waals surface area (Å²) in [5.41, 5.74) is 2.99. The average Bonchev–Trinajstić information content (AvgIpc) is 3.04. The number of rotatable bonds is 4. The summed E-state index contributed by atoms with van der Waals surface area (Å²) in [5.74, 6) is -0.148. The van der Waals surface area contributed by atoms with Crippen LogP contribution in [0, 0.1) is 13.8 Å². The van der Waals surface area contributed by atoms with Gasteiger partial charge in [0, 0.05) is 27.7 Å². The lowest BCUT2D eigenvalue weighted by molar-refractivity contribution is -0.131. The molecule has 8 nitrogen and oxygen atoms in total. The largest absolute Gasteiger partial charge is 0.340 e. The third-order valence-corrected chi connectivity index (χ3v) is 4.85. The third-order valence-electron chi connectivity index (χ3n) is 4.85. The fourth-order valence-electron chi connectivity index (χ4n) is 3.15. The fraction of sp³-hybridized carbons (Fsp3) is 0.368. The van der Waals surface area contributed by atoms with E-state index < -0.39 is 11.2 Å². The van der Waals surface area contributed by atoms with Gasteiger partial charge >= 0.3 is 5.69 Å². The van der Waals surface area contributed by atoms with E-state index in [1.165, 1.54) is 28.1 Å². The molecule has 0 spiro atoms. The summed E-state index contributed by atoms with van der Waals surface area (Å²) in [5, 5.41) is 0. The Labute approximate surface area is 156 Å². The van der Waals surface area contributed by atoms with E-state index in [0.29, 0.717) is 6.54 Å². The smallest absolute Gasteiger partial charge is 0.332 e. The minimum atomic E-state index is -0.463. The second-order valence-corrected chi connectivity index (χ2v) is 6.93. The molecule has 27 heavy (non-hydrogen) atoms. The summed E-state index contributed by atoms with van der Waals surface area (Å²) >= 11 is 0. The van der Waals surface area contributed by atoms with Crippen molar-refractivity contribution >= 4 is 17.1 Å². The molecule has 1 amide bonds. The maximum Gasteiger partial charge on any atom is 0.332 e. The maximum atomic E-state index is 12.7. The molecule has 0 saturated heterocycles. The molecule has 3 rings (SSSR count). The number of hydrogen-bond donors (Lipinski definition) is 0. The Hall–Kier alpha value is -3.16. The summed E-state index contributed by atoms with van der Waals surface area (Å²) in [6.07, 6.45) is 1.42. The third kappa shape index (κ3) is 3.30. The lowest BCUT2D eigenvalue weighted by Gasteiger charge is -2.19. The van der Waals surface area contributed by atoms with E-state index in [1.807, 2.05) is 26.0 Å². The predicted octanol–water partition coefficient (Wildman–Crippen LogP) is 0.709. The van der Waals surface area contributed by atoms with Crippen molar-refractivity contribution in [3.63, 3.8) is 0 Å². The van der Waals surface area contributed by atoms with Gasteiger partial charge in [0.15, 0.2) is 11.2 Å². The number of aryl methyl sites for hydroxylation is 3. The molecule has 0 N–H and O–H groups in total. The number of imidazole rings is 1. The van der Waals surface area contributed by atoms with Crippen LogP contribution >= 0.6 is 0 Å². The molecule has 0 bridgehead atoms. The van der Waals surface area contributed by atoms with E-state index in [9.17, 15) is 14.4 Å². The molecule has 0 saturated carbocycles. The summed E-state index contributed by atoms with van der Waals surface area (Å²) in [7, 11) is 4.69. The molecule has 0 aliphatic heterocycles.